The maximum Gasteiger partial charge on any atom is 0.240 e. The molecule has 2 aromatic rings. The average molecular weight is 295 g/mol. The normalized spacial score (nSPS) is 13.4. The Morgan fingerprint density at radius 3 is 2.80 bits per heavy atom. The Morgan fingerprint density at radius 2 is 2.20 bits per heavy atom. The first kappa shape index (κ1) is 14.8. The summed E-state index contributed by atoms with van der Waals surface area (Å²) in [5, 5.41) is 2.64. The van der Waals surface area contributed by atoms with E-state index in [0.717, 1.165) is 5.52 Å². The molecule has 20 heavy (non-hydrogen) atoms. The van der Waals surface area contributed by atoms with Gasteiger partial charge in [0.25, 0.3) is 0 Å². The van der Waals surface area contributed by atoms with Gasteiger partial charge in [-0.15, -0.1) is 11.6 Å². The molecule has 6 heteroatoms. The minimum absolute atomic E-state index is 0.0824. The van der Waals surface area contributed by atoms with Crippen LogP contribution in [-0.2, 0) is 11.3 Å². The smallest absolute Gasteiger partial charge is 0.240 e. The number of hydrogen-bond donors (Lipinski definition) is 1. The Morgan fingerprint density at radius 1 is 1.50 bits per heavy atom. The summed E-state index contributed by atoms with van der Waals surface area (Å²) in [7, 11) is 0. The van der Waals surface area contributed by atoms with E-state index in [0.29, 0.717) is 11.5 Å². The first-order valence-electron chi connectivity index (χ1n) is 6.54. The Kier molecular flexibility index (Phi) is 3.99. The molecule has 2 heterocycles. The highest BCUT2D eigenvalue weighted by Gasteiger charge is 2.20. The van der Waals surface area contributed by atoms with Crippen molar-refractivity contribution in [1.82, 2.24) is 19.9 Å². The zero-order valence-corrected chi connectivity index (χ0v) is 12.9. The minimum Gasteiger partial charge on any atom is -0.350 e. The number of carbonyl (C=O) groups excluding carboxylic acids is 1. The zero-order chi connectivity index (χ0) is 14.9. The van der Waals surface area contributed by atoms with Gasteiger partial charge in [-0.3, -0.25) is 4.79 Å². The molecular formula is C14H19ClN4O. The molecule has 0 saturated carbocycles. The standard InChI is InChI=1S/C14H19ClN4O/c1-9(15)12-17-10-6-5-7-16-13(10)19(12)8-11(20)18-14(2,3)4/h5-7,9H,8H2,1-4H3,(H,18,20). The number of carbonyl (C=O) groups is 1. The van der Waals surface area contributed by atoms with Crippen molar-refractivity contribution in [3.05, 3.63) is 24.2 Å². The second-order valence-electron chi connectivity index (χ2n) is 5.82. The molecule has 0 fully saturated rings. The van der Waals surface area contributed by atoms with Gasteiger partial charge in [0.2, 0.25) is 5.91 Å². The molecule has 2 rings (SSSR count). The number of rotatable bonds is 3. The number of nitrogens with zero attached hydrogens (tertiary/aromatic N) is 3. The van der Waals surface area contributed by atoms with Crippen LogP contribution in [0.4, 0.5) is 0 Å². The molecule has 108 valence electrons. The van der Waals surface area contributed by atoms with Gasteiger partial charge in [0, 0.05) is 11.7 Å². The second-order valence-corrected chi connectivity index (χ2v) is 6.47. The van der Waals surface area contributed by atoms with Crippen LogP contribution in [0.5, 0.6) is 0 Å². The molecule has 0 aliphatic heterocycles. The molecule has 5 nitrogen and oxygen atoms in total. The number of halogens is 1. The third kappa shape index (κ3) is 3.28. The largest absolute Gasteiger partial charge is 0.350 e. The zero-order valence-electron chi connectivity index (χ0n) is 12.1. The summed E-state index contributed by atoms with van der Waals surface area (Å²) in [6.07, 6.45) is 1.69. The van der Waals surface area contributed by atoms with E-state index >= 15 is 0 Å². The topological polar surface area (TPSA) is 59.8 Å². The molecule has 0 radical (unpaired) electrons. The van der Waals surface area contributed by atoms with Crippen molar-refractivity contribution in [2.45, 2.75) is 45.2 Å². The van der Waals surface area contributed by atoms with Crippen LogP contribution in [0.25, 0.3) is 11.2 Å². The minimum atomic E-state index is -0.286. The molecule has 0 aliphatic rings. The quantitative estimate of drug-likeness (QED) is 0.885. The summed E-state index contributed by atoms with van der Waals surface area (Å²) in [5.74, 6) is 0.574. The Labute approximate surface area is 123 Å². The number of hydrogen-bond acceptors (Lipinski definition) is 3. The van der Waals surface area contributed by atoms with Gasteiger partial charge in [-0.05, 0) is 39.8 Å². The number of imidazole rings is 1. The number of amides is 1. The third-order valence-corrected chi connectivity index (χ3v) is 2.90. The van der Waals surface area contributed by atoms with Gasteiger partial charge in [0.05, 0.1) is 5.38 Å². The third-order valence-electron chi connectivity index (χ3n) is 2.71. The van der Waals surface area contributed by atoms with Crippen LogP contribution in [0, 0.1) is 0 Å². The molecule has 2 aromatic heterocycles. The molecule has 1 N–H and O–H groups in total. The molecule has 0 aromatic carbocycles. The van der Waals surface area contributed by atoms with Crippen LogP contribution in [0.1, 0.15) is 38.9 Å². The monoisotopic (exact) mass is 294 g/mol. The number of alkyl halides is 1. The average Bonchev–Trinajstić information content (AvgIpc) is 2.66. The van der Waals surface area contributed by atoms with Gasteiger partial charge in [0.1, 0.15) is 17.9 Å². The lowest BCUT2D eigenvalue weighted by atomic mass is 10.1. The van der Waals surface area contributed by atoms with Crippen molar-refractivity contribution < 1.29 is 4.79 Å². The Balaban J connectivity index is 2.37. The molecule has 1 amide bonds. The molecule has 1 unspecified atom stereocenters. The molecule has 0 saturated heterocycles. The number of fused-ring (bicyclic) bond motifs is 1. The summed E-state index contributed by atoms with van der Waals surface area (Å²) >= 11 is 6.15. The van der Waals surface area contributed by atoms with E-state index in [1.165, 1.54) is 0 Å². The van der Waals surface area contributed by atoms with E-state index in [2.05, 4.69) is 15.3 Å². The summed E-state index contributed by atoms with van der Waals surface area (Å²) in [6.45, 7) is 7.83. The van der Waals surface area contributed by atoms with Crippen molar-refractivity contribution >= 4 is 28.7 Å². The van der Waals surface area contributed by atoms with Gasteiger partial charge in [-0.25, -0.2) is 9.97 Å². The highest BCUT2D eigenvalue weighted by atomic mass is 35.5. The predicted molar refractivity (Wildman–Crippen MR) is 79.7 cm³/mol. The first-order valence-corrected chi connectivity index (χ1v) is 6.98. The fraction of sp³-hybridized carbons (Fsp3) is 0.500. The molecular weight excluding hydrogens is 276 g/mol. The van der Waals surface area contributed by atoms with Gasteiger partial charge >= 0.3 is 0 Å². The van der Waals surface area contributed by atoms with Gasteiger partial charge in [-0.2, -0.15) is 0 Å². The maximum atomic E-state index is 12.1. The highest BCUT2D eigenvalue weighted by molar-refractivity contribution is 6.20. The van der Waals surface area contributed by atoms with Crippen molar-refractivity contribution in [3.8, 4) is 0 Å². The molecule has 0 spiro atoms. The van der Waals surface area contributed by atoms with Crippen LogP contribution < -0.4 is 5.32 Å². The maximum absolute atomic E-state index is 12.1. The van der Waals surface area contributed by atoms with Crippen LogP contribution in [0.15, 0.2) is 18.3 Å². The lowest BCUT2D eigenvalue weighted by molar-refractivity contribution is -0.123. The second kappa shape index (κ2) is 5.40. The summed E-state index contributed by atoms with van der Waals surface area (Å²) < 4.78 is 1.77. The van der Waals surface area contributed by atoms with Crippen molar-refractivity contribution in [3.63, 3.8) is 0 Å². The SMILES string of the molecule is CC(Cl)c1nc2cccnc2n1CC(=O)NC(C)(C)C. The number of nitrogens with one attached hydrogen (secondary N) is 1. The van der Waals surface area contributed by atoms with E-state index < -0.39 is 0 Å². The van der Waals surface area contributed by atoms with Gasteiger partial charge in [-0.1, -0.05) is 0 Å². The van der Waals surface area contributed by atoms with Gasteiger partial charge < -0.3 is 9.88 Å². The summed E-state index contributed by atoms with van der Waals surface area (Å²) in [6, 6.07) is 3.68. The van der Waals surface area contributed by atoms with E-state index in [9.17, 15) is 4.79 Å². The summed E-state index contributed by atoms with van der Waals surface area (Å²) in [4.78, 5) is 20.9. The van der Waals surface area contributed by atoms with E-state index in [4.69, 9.17) is 11.6 Å². The summed E-state index contributed by atoms with van der Waals surface area (Å²) in [5.41, 5.74) is 1.16. The Bertz CT molecular complexity index is 628. The van der Waals surface area contributed by atoms with E-state index in [1.54, 1.807) is 10.8 Å². The predicted octanol–water partition coefficient (Wildman–Crippen LogP) is 2.65. The van der Waals surface area contributed by atoms with Crippen molar-refractivity contribution in [1.29, 1.82) is 0 Å². The molecule has 1 atom stereocenters. The molecule has 0 aliphatic carbocycles. The molecule has 0 bridgehead atoms. The van der Waals surface area contributed by atoms with Gasteiger partial charge in [0.15, 0.2) is 5.65 Å². The van der Waals surface area contributed by atoms with Crippen molar-refractivity contribution in [2.24, 2.45) is 0 Å². The van der Waals surface area contributed by atoms with Crippen molar-refractivity contribution in [2.75, 3.05) is 0 Å². The lowest BCUT2D eigenvalue weighted by Crippen LogP contribution is -2.42. The fourth-order valence-electron chi connectivity index (χ4n) is 2.04. The lowest BCUT2D eigenvalue weighted by Gasteiger charge is -2.21. The van der Waals surface area contributed by atoms with E-state index in [-0.39, 0.29) is 23.4 Å². The first-order chi connectivity index (χ1) is 9.28. The van der Waals surface area contributed by atoms with Crippen LogP contribution in [0.2, 0.25) is 0 Å². The van der Waals surface area contributed by atoms with Crippen LogP contribution in [-0.4, -0.2) is 26.0 Å². The van der Waals surface area contributed by atoms with Crippen LogP contribution in [0.3, 0.4) is 0 Å². The number of pyridine rings is 1. The number of aromatic nitrogens is 3. The van der Waals surface area contributed by atoms with E-state index in [1.807, 2.05) is 39.8 Å². The fourth-order valence-corrected chi connectivity index (χ4v) is 2.20. The highest BCUT2D eigenvalue weighted by Crippen LogP contribution is 2.23. The van der Waals surface area contributed by atoms with Crippen LogP contribution >= 0.6 is 11.6 Å². The Hall–Kier alpha value is -1.62.